The van der Waals surface area contributed by atoms with Crippen LogP contribution in [-0.2, 0) is 6.42 Å². The Morgan fingerprint density at radius 3 is 2.65 bits per heavy atom. The number of pyridine rings is 1. The summed E-state index contributed by atoms with van der Waals surface area (Å²) in [6.07, 6.45) is 2.95. The Kier molecular flexibility index (Phi) is 5.00. The molecular weight excluding hydrogens is 323 g/mol. The lowest BCUT2D eigenvalue weighted by atomic mass is 10.2. The van der Waals surface area contributed by atoms with E-state index in [0.717, 1.165) is 35.4 Å². The van der Waals surface area contributed by atoms with Crippen molar-refractivity contribution in [1.29, 1.82) is 0 Å². The maximum atomic E-state index is 12.9. The summed E-state index contributed by atoms with van der Waals surface area (Å²) in [5.41, 5.74) is 1.47. The van der Waals surface area contributed by atoms with Crippen molar-refractivity contribution in [3.63, 3.8) is 0 Å². The Hall–Kier alpha value is -1.56. The SMILES string of the molecule is CCCNc1nc(-c2ccc(F)cn2)nc(CC)c1Br. The van der Waals surface area contributed by atoms with Crippen molar-refractivity contribution in [3.8, 4) is 11.5 Å². The van der Waals surface area contributed by atoms with Gasteiger partial charge in [0.1, 0.15) is 17.3 Å². The molecule has 0 aliphatic rings. The number of aromatic nitrogens is 3. The molecule has 2 aromatic heterocycles. The summed E-state index contributed by atoms with van der Waals surface area (Å²) in [5.74, 6) is 0.884. The van der Waals surface area contributed by atoms with Gasteiger partial charge in [-0.2, -0.15) is 0 Å². The summed E-state index contributed by atoms with van der Waals surface area (Å²) < 4.78 is 13.8. The quantitative estimate of drug-likeness (QED) is 0.900. The zero-order valence-electron chi connectivity index (χ0n) is 11.5. The zero-order valence-corrected chi connectivity index (χ0v) is 13.0. The van der Waals surface area contributed by atoms with Gasteiger partial charge in [0.2, 0.25) is 0 Å². The normalized spacial score (nSPS) is 10.6. The first-order valence-electron chi connectivity index (χ1n) is 6.57. The van der Waals surface area contributed by atoms with E-state index < -0.39 is 0 Å². The van der Waals surface area contributed by atoms with Gasteiger partial charge in [-0.15, -0.1) is 0 Å². The maximum Gasteiger partial charge on any atom is 0.180 e. The molecule has 0 aliphatic heterocycles. The third-order valence-corrected chi connectivity index (χ3v) is 3.59. The fourth-order valence-corrected chi connectivity index (χ4v) is 2.31. The van der Waals surface area contributed by atoms with E-state index >= 15 is 0 Å². The van der Waals surface area contributed by atoms with E-state index in [-0.39, 0.29) is 5.82 Å². The molecule has 0 saturated carbocycles. The van der Waals surface area contributed by atoms with Crippen LogP contribution in [0.25, 0.3) is 11.5 Å². The van der Waals surface area contributed by atoms with Crippen molar-refractivity contribution in [2.45, 2.75) is 26.7 Å². The first-order chi connectivity index (χ1) is 9.65. The average molecular weight is 339 g/mol. The third kappa shape index (κ3) is 3.30. The van der Waals surface area contributed by atoms with Gasteiger partial charge in [-0.05, 0) is 40.9 Å². The van der Waals surface area contributed by atoms with Crippen LogP contribution in [0.1, 0.15) is 26.0 Å². The Morgan fingerprint density at radius 2 is 2.05 bits per heavy atom. The third-order valence-electron chi connectivity index (χ3n) is 2.75. The fourth-order valence-electron chi connectivity index (χ4n) is 1.71. The van der Waals surface area contributed by atoms with Crippen molar-refractivity contribution in [1.82, 2.24) is 15.0 Å². The van der Waals surface area contributed by atoms with Gasteiger partial charge in [-0.1, -0.05) is 13.8 Å². The van der Waals surface area contributed by atoms with Gasteiger partial charge < -0.3 is 5.32 Å². The second kappa shape index (κ2) is 6.74. The number of anilines is 1. The summed E-state index contributed by atoms with van der Waals surface area (Å²) in [4.78, 5) is 13.0. The molecule has 0 unspecified atom stereocenters. The molecule has 0 amide bonds. The highest BCUT2D eigenvalue weighted by atomic mass is 79.9. The van der Waals surface area contributed by atoms with Crippen molar-refractivity contribution < 1.29 is 4.39 Å². The lowest BCUT2D eigenvalue weighted by molar-refractivity contribution is 0.621. The van der Waals surface area contributed by atoms with Crippen LogP contribution in [0.2, 0.25) is 0 Å². The van der Waals surface area contributed by atoms with Gasteiger partial charge in [0.25, 0.3) is 0 Å². The van der Waals surface area contributed by atoms with Crippen LogP contribution >= 0.6 is 15.9 Å². The molecule has 0 aromatic carbocycles. The van der Waals surface area contributed by atoms with Crippen LogP contribution < -0.4 is 5.32 Å². The number of rotatable bonds is 5. The lowest BCUT2D eigenvalue weighted by Gasteiger charge is -2.11. The Balaban J connectivity index is 2.44. The smallest absolute Gasteiger partial charge is 0.180 e. The Labute approximate surface area is 126 Å². The minimum absolute atomic E-state index is 0.370. The Bertz CT molecular complexity index is 586. The molecular formula is C14H16BrFN4. The summed E-state index contributed by atoms with van der Waals surface area (Å²) in [6.45, 7) is 4.94. The first-order valence-corrected chi connectivity index (χ1v) is 7.37. The maximum absolute atomic E-state index is 12.9. The minimum Gasteiger partial charge on any atom is -0.369 e. The summed E-state index contributed by atoms with van der Waals surface area (Å²) >= 11 is 3.52. The van der Waals surface area contributed by atoms with Crippen LogP contribution in [0.15, 0.2) is 22.8 Å². The van der Waals surface area contributed by atoms with E-state index in [1.165, 1.54) is 12.3 Å². The van der Waals surface area contributed by atoms with Crippen LogP contribution in [-0.4, -0.2) is 21.5 Å². The van der Waals surface area contributed by atoms with Crippen LogP contribution in [0, 0.1) is 5.82 Å². The first kappa shape index (κ1) is 14.8. The highest BCUT2D eigenvalue weighted by Gasteiger charge is 2.13. The summed E-state index contributed by atoms with van der Waals surface area (Å²) in [6, 6.07) is 2.94. The Morgan fingerprint density at radius 1 is 1.25 bits per heavy atom. The molecule has 4 nitrogen and oxygen atoms in total. The molecule has 20 heavy (non-hydrogen) atoms. The minimum atomic E-state index is -0.370. The molecule has 2 rings (SSSR count). The number of nitrogens with one attached hydrogen (secondary N) is 1. The number of hydrogen-bond acceptors (Lipinski definition) is 4. The van der Waals surface area contributed by atoms with Crippen molar-refractivity contribution >= 4 is 21.7 Å². The van der Waals surface area contributed by atoms with E-state index in [9.17, 15) is 4.39 Å². The molecule has 2 heterocycles. The molecule has 0 fully saturated rings. The standard InChI is InChI=1S/C14H16BrFN4/c1-3-7-17-14-12(15)10(4-2)19-13(20-14)11-6-5-9(16)8-18-11/h5-6,8H,3-4,7H2,1-2H3,(H,17,19,20). The van der Waals surface area contributed by atoms with Gasteiger partial charge in [-0.25, -0.2) is 19.3 Å². The topological polar surface area (TPSA) is 50.7 Å². The van der Waals surface area contributed by atoms with Gasteiger partial charge >= 0.3 is 0 Å². The van der Waals surface area contributed by atoms with E-state index in [1.807, 2.05) is 6.92 Å². The monoisotopic (exact) mass is 338 g/mol. The van der Waals surface area contributed by atoms with E-state index in [0.29, 0.717) is 11.5 Å². The summed E-state index contributed by atoms with van der Waals surface area (Å²) in [5, 5.41) is 3.26. The second-order valence-corrected chi connectivity index (χ2v) is 5.09. The molecule has 6 heteroatoms. The zero-order chi connectivity index (χ0) is 14.5. The van der Waals surface area contributed by atoms with Crippen LogP contribution in [0.5, 0.6) is 0 Å². The largest absolute Gasteiger partial charge is 0.369 e. The second-order valence-electron chi connectivity index (χ2n) is 4.30. The predicted octanol–water partition coefficient (Wildman–Crippen LogP) is 3.82. The highest BCUT2D eigenvalue weighted by molar-refractivity contribution is 9.10. The van der Waals surface area contributed by atoms with E-state index in [4.69, 9.17) is 0 Å². The number of aryl methyl sites for hydroxylation is 1. The molecule has 0 atom stereocenters. The van der Waals surface area contributed by atoms with Crippen molar-refractivity contribution in [2.75, 3.05) is 11.9 Å². The van der Waals surface area contributed by atoms with Crippen LogP contribution in [0.4, 0.5) is 10.2 Å². The van der Waals surface area contributed by atoms with Gasteiger partial charge in [0.15, 0.2) is 5.82 Å². The predicted molar refractivity (Wildman–Crippen MR) is 81.1 cm³/mol. The number of halogens is 2. The lowest BCUT2D eigenvalue weighted by Crippen LogP contribution is -2.07. The molecule has 0 bridgehead atoms. The van der Waals surface area contributed by atoms with E-state index in [1.54, 1.807) is 6.07 Å². The molecule has 0 spiro atoms. The number of hydrogen-bond donors (Lipinski definition) is 1. The van der Waals surface area contributed by atoms with Crippen molar-refractivity contribution in [3.05, 3.63) is 34.3 Å². The molecule has 106 valence electrons. The molecule has 0 saturated heterocycles. The average Bonchev–Trinajstić information content (AvgIpc) is 2.47. The van der Waals surface area contributed by atoms with Gasteiger partial charge in [0.05, 0.1) is 16.4 Å². The molecule has 0 aliphatic carbocycles. The van der Waals surface area contributed by atoms with Crippen molar-refractivity contribution in [2.24, 2.45) is 0 Å². The number of nitrogens with zero attached hydrogens (tertiary/aromatic N) is 3. The van der Waals surface area contributed by atoms with E-state index in [2.05, 4.69) is 43.1 Å². The highest BCUT2D eigenvalue weighted by Crippen LogP contribution is 2.27. The summed E-state index contributed by atoms with van der Waals surface area (Å²) in [7, 11) is 0. The molecule has 0 radical (unpaired) electrons. The van der Waals surface area contributed by atoms with Gasteiger partial charge in [-0.3, -0.25) is 0 Å². The fraction of sp³-hybridized carbons (Fsp3) is 0.357. The van der Waals surface area contributed by atoms with Crippen LogP contribution in [0.3, 0.4) is 0 Å². The van der Waals surface area contributed by atoms with Gasteiger partial charge in [0, 0.05) is 6.54 Å². The molecule has 2 aromatic rings. The molecule has 1 N–H and O–H groups in total.